The fourth-order valence-corrected chi connectivity index (χ4v) is 2.16. The molecule has 0 saturated heterocycles. The molecule has 1 aromatic carbocycles. The van der Waals surface area contributed by atoms with E-state index >= 15 is 0 Å². The highest BCUT2D eigenvalue weighted by molar-refractivity contribution is 5.82. The van der Waals surface area contributed by atoms with Crippen LogP contribution < -0.4 is 5.32 Å². The van der Waals surface area contributed by atoms with Crippen molar-refractivity contribution in [1.82, 2.24) is 5.32 Å². The van der Waals surface area contributed by atoms with Crippen LogP contribution in [0.2, 0.25) is 0 Å². The summed E-state index contributed by atoms with van der Waals surface area (Å²) in [6.45, 7) is 7.87. The topological polar surface area (TPSA) is 64.6 Å². The van der Waals surface area contributed by atoms with Crippen molar-refractivity contribution in [2.75, 3.05) is 0 Å². The van der Waals surface area contributed by atoms with Crippen molar-refractivity contribution in [3.63, 3.8) is 0 Å². The second kappa shape index (κ2) is 8.19. The second-order valence-corrected chi connectivity index (χ2v) is 7.79. The quantitative estimate of drug-likeness (QED) is 0.737. The lowest BCUT2D eigenvalue weighted by atomic mass is 9.83. The van der Waals surface area contributed by atoms with E-state index in [-0.39, 0.29) is 0 Å². The zero-order chi connectivity index (χ0) is 21.0. The Balaban J connectivity index is 3.06. The number of amides is 1. The van der Waals surface area contributed by atoms with Gasteiger partial charge in [-0.2, -0.15) is 13.2 Å². The normalized spacial score (nSPS) is 14.9. The van der Waals surface area contributed by atoms with Crippen LogP contribution in [-0.4, -0.2) is 29.9 Å². The first-order valence-electron chi connectivity index (χ1n) is 8.47. The number of carbonyl (C=O) groups is 2. The van der Waals surface area contributed by atoms with Crippen LogP contribution in [0, 0.1) is 5.41 Å². The number of esters is 1. The molecule has 0 heterocycles. The van der Waals surface area contributed by atoms with Crippen LogP contribution in [0.1, 0.15) is 53.2 Å². The van der Waals surface area contributed by atoms with Crippen LogP contribution in [-0.2, 0) is 14.3 Å². The minimum atomic E-state index is -4.76. The first-order valence-corrected chi connectivity index (χ1v) is 8.47. The Morgan fingerprint density at radius 1 is 1.00 bits per heavy atom. The van der Waals surface area contributed by atoms with E-state index in [1.165, 1.54) is 0 Å². The maximum Gasteiger partial charge on any atom is 0.408 e. The maximum absolute atomic E-state index is 13.5. The van der Waals surface area contributed by atoms with Crippen LogP contribution in [0.4, 0.5) is 18.0 Å². The minimum absolute atomic E-state index is 0.617. The average molecular weight is 389 g/mol. The number of alkyl halides is 3. The molecule has 0 spiro atoms. The van der Waals surface area contributed by atoms with Crippen LogP contribution in [0.25, 0.3) is 0 Å². The van der Waals surface area contributed by atoms with Gasteiger partial charge in [0.1, 0.15) is 17.7 Å². The Kier molecular flexibility index (Phi) is 6.91. The van der Waals surface area contributed by atoms with Gasteiger partial charge in [0.15, 0.2) is 0 Å². The highest BCUT2D eigenvalue weighted by atomic mass is 19.4. The van der Waals surface area contributed by atoms with Crippen molar-refractivity contribution in [3.05, 3.63) is 35.9 Å². The van der Waals surface area contributed by atoms with Crippen molar-refractivity contribution in [3.8, 4) is 0 Å². The summed E-state index contributed by atoms with van der Waals surface area (Å²) in [7, 11) is 0. The number of halogens is 3. The summed E-state index contributed by atoms with van der Waals surface area (Å²) in [6.07, 6.45) is -6.68. The smallest absolute Gasteiger partial charge is 0.408 e. The van der Waals surface area contributed by atoms with Gasteiger partial charge in [-0.25, -0.2) is 9.59 Å². The molecular formula is C19H26F3NO4. The van der Waals surface area contributed by atoms with Crippen molar-refractivity contribution in [2.45, 2.75) is 65.5 Å². The molecule has 27 heavy (non-hydrogen) atoms. The van der Waals surface area contributed by atoms with Gasteiger partial charge in [-0.3, -0.25) is 0 Å². The number of carbonyl (C=O) groups excluding carboxylic acids is 2. The van der Waals surface area contributed by atoms with E-state index in [2.05, 4.69) is 0 Å². The summed E-state index contributed by atoms with van der Waals surface area (Å²) >= 11 is 0. The molecule has 5 nitrogen and oxygen atoms in total. The molecular weight excluding hydrogens is 363 g/mol. The van der Waals surface area contributed by atoms with Gasteiger partial charge in [0.05, 0.1) is 5.41 Å². The number of ether oxygens (including phenoxy) is 2. The SMILES string of the molecule is C[C@H](OC(=O)[C@@H](NC(=O)OC(C)(C)C)C(C)(C)C(F)(F)F)c1ccccc1. The van der Waals surface area contributed by atoms with Gasteiger partial charge in [-0.05, 0) is 47.1 Å². The van der Waals surface area contributed by atoms with Gasteiger partial charge in [0.2, 0.25) is 0 Å². The van der Waals surface area contributed by atoms with Gasteiger partial charge >= 0.3 is 18.2 Å². The predicted octanol–water partition coefficient (Wildman–Crippen LogP) is 4.77. The zero-order valence-corrected chi connectivity index (χ0v) is 16.3. The highest BCUT2D eigenvalue weighted by Crippen LogP contribution is 2.41. The van der Waals surface area contributed by atoms with Crippen molar-refractivity contribution in [2.24, 2.45) is 5.41 Å². The standard InChI is InChI=1S/C19H26F3NO4/c1-12(13-10-8-7-9-11-13)26-15(24)14(18(5,6)19(20,21)22)23-16(25)27-17(2,3)4/h7-12,14H,1-6H3,(H,23,25)/t12-,14+/m0/s1. The van der Waals surface area contributed by atoms with Gasteiger partial charge in [0, 0.05) is 0 Å². The predicted molar refractivity (Wildman–Crippen MR) is 93.9 cm³/mol. The third-order valence-electron chi connectivity index (χ3n) is 3.91. The second-order valence-electron chi connectivity index (χ2n) is 7.79. The summed E-state index contributed by atoms with van der Waals surface area (Å²) in [4.78, 5) is 24.5. The molecule has 0 unspecified atom stereocenters. The van der Waals surface area contributed by atoms with Gasteiger partial charge in [-0.15, -0.1) is 0 Å². The Bertz CT molecular complexity index is 651. The first-order chi connectivity index (χ1) is 12.1. The highest BCUT2D eigenvalue weighted by Gasteiger charge is 2.56. The molecule has 1 aromatic rings. The average Bonchev–Trinajstić information content (AvgIpc) is 2.50. The van der Waals surface area contributed by atoms with E-state index in [1.807, 2.05) is 5.32 Å². The minimum Gasteiger partial charge on any atom is -0.456 e. The van der Waals surface area contributed by atoms with Crippen molar-refractivity contribution >= 4 is 12.1 Å². The number of benzene rings is 1. The molecule has 1 N–H and O–H groups in total. The maximum atomic E-state index is 13.5. The van der Waals surface area contributed by atoms with Crippen LogP contribution in [0.15, 0.2) is 30.3 Å². The fraction of sp³-hybridized carbons (Fsp3) is 0.579. The molecule has 1 rings (SSSR count). The first kappa shape index (κ1) is 22.8. The Hall–Kier alpha value is -2.25. The molecule has 0 fully saturated rings. The largest absolute Gasteiger partial charge is 0.456 e. The number of rotatable bonds is 5. The molecule has 8 heteroatoms. The Morgan fingerprint density at radius 3 is 1.96 bits per heavy atom. The van der Waals surface area contributed by atoms with Crippen LogP contribution >= 0.6 is 0 Å². The van der Waals surface area contributed by atoms with Crippen molar-refractivity contribution in [1.29, 1.82) is 0 Å². The summed E-state index contributed by atoms with van der Waals surface area (Å²) in [5, 5.41) is 2.02. The monoisotopic (exact) mass is 389 g/mol. The van der Waals surface area contributed by atoms with Crippen LogP contribution in [0.5, 0.6) is 0 Å². The van der Waals surface area contributed by atoms with E-state index in [1.54, 1.807) is 58.0 Å². The Morgan fingerprint density at radius 2 is 1.52 bits per heavy atom. The molecule has 0 aliphatic rings. The number of hydrogen-bond donors (Lipinski definition) is 1. The summed E-state index contributed by atoms with van der Waals surface area (Å²) in [5.41, 5.74) is -2.89. The van der Waals surface area contributed by atoms with E-state index in [4.69, 9.17) is 9.47 Å². The van der Waals surface area contributed by atoms with E-state index in [9.17, 15) is 22.8 Å². The molecule has 0 aliphatic carbocycles. The molecule has 0 saturated carbocycles. The Labute approximate surface area is 157 Å². The lowest BCUT2D eigenvalue weighted by molar-refractivity contribution is -0.225. The molecule has 0 bridgehead atoms. The van der Waals surface area contributed by atoms with E-state index in [0.29, 0.717) is 5.56 Å². The zero-order valence-electron chi connectivity index (χ0n) is 16.3. The molecule has 0 aliphatic heterocycles. The third-order valence-corrected chi connectivity index (χ3v) is 3.91. The third kappa shape index (κ3) is 6.45. The number of alkyl carbamates (subject to hydrolysis) is 1. The molecule has 1 amide bonds. The van der Waals surface area contributed by atoms with E-state index < -0.39 is 41.4 Å². The summed E-state index contributed by atoms with van der Waals surface area (Å²) < 4.78 is 50.7. The lowest BCUT2D eigenvalue weighted by Gasteiger charge is -2.35. The summed E-state index contributed by atoms with van der Waals surface area (Å²) in [6, 6.07) is 6.59. The van der Waals surface area contributed by atoms with Gasteiger partial charge < -0.3 is 14.8 Å². The molecule has 0 radical (unpaired) electrons. The number of hydrogen-bond acceptors (Lipinski definition) is 4. The molecule has 2 atom stereocenters. The molecule has 0 aromatic heterocycles. The van der Waals surface area contributed by atoms with Crippen LogP contribution in [0.3, 0.4) is 0 Å². The van der Waals surface area contributed by atoms with E-state index in [0.717, 1.165) is 13.8 Å². The van der Waals surface area contributed by atoms with Gasteiger partial charge in [0.25, 0.3) is 0 Å². The fourth-order valence-electron chi connectivity index (χ4n) is 2.16. The van der Waals surface area contributed by atoms with Crippen molar-refractivity contribution < 1.29 is 32.2 Å². The number of nitrogens with one attached hydrogen (secondary N) is 1. The van der Waals surface area contributed by atoms with Gasteiger partial charge in [-0.1, -0.05) is 30.3 Å². The lowest BCUT2D eigenvalue weighted by Crippen LogP contribution is -2.57. The summed E-state index contributed by atoms with van der Waals surface area (Å²) in [5.74, 6) is -1.19. The molecule has 152 valence electrons.